The van der Waals surface area contributed by atoms with E-state index in [1.54, 1.807) is 0 Å². The monoisotopic (exact) mass is 360 g/mol. The van der Waals surface area contributed by atoms with Gasteiger partial charge in [-0.25, -0.2) is 0 Å². The van der Waals surface area contributed by atoms with Gasteiger partial charge in [0.25, 0.3) is 0 Å². The summed E-state index contributed by atoms with van der Waals surface area (Å²) in [6.45, 7) is 8.71. The van der Waals surface area contributed by atoms with E-state index in [1.807, 2.05) is 25.1 Å². The van der Waals surface area contributed by atoms with Crippen LogP contribution >= 0.6 is 12.2 Å². The van der Waals surface area contributed by atoms with Crippen molar-refractivity contribution in [2.45, 2.75) is 51.4 Å². The van der Waals surface area contributed by atoms with Crippen LogP contribution in [0.2, 0.25) is 0 Å². The molecule has 6 heteroatoms. The number of nitrogens with zero attached hydrogens (tertiary/aromatic N) is 2. The highest BCUT2D eigenvalue weighted by Crippen LogP contribution is 2.38. The first-order valence-corrected chi connectivity index (χ1v) is 9.58. The van der Waals surface area contributed by atoms with Crippen molar-refractivity contribution < 1.29 is 4.79 Å². The van der Waals surface area contributed by atoms with Gasteiger partial charge in [0.05, 0.1) is 17.7 Å². The molecule has 3 rings (SSSR count). The Hall–Kier alpha value is -1.66. The van der Waals surface area contributed by atoms with Crippen molar-refractivity contribution in [2.75, 3.05) is 19.6 Å². The van der Waals surface area contributed by atoms with Crippen molar-refractivity contribution in [3.05, 3.63) is 35.9 Å². The summed E-state index contributed by atoms with van der Waals surface area (Å²) in [5.41, 5.74) is 0.904. The van der Waals surface area contributed by atoms with Gasteiger partial charge in [-0.1, -0.05) is 30.3 Å². The van der Waals surface area contributed by atoms with E-state index in [2.05, 4.69) is 46.4 Å². The van der Waals surface area contributed by atoms with Gasteiger partial charge >= 0.3 is 0 Å². The predicted octanol–water partition coefficient (Wildman–Crippen LogP) is 2.25. The third-order valence-corrected chi connectivity index (χ3v) is 5.83. The quantitative estimate of drug-likeness (QED) is 0.810. The molecule has 2 fully saturated rings. The number of hydrogen-bond donors (Lipinski definition) is 2. The molecule has 0 aromatic heterocycles. The van der Waals surface area contributed by atoms with Gasteiger partial charge in [-0.05, 0) is 38.6 Å². The lowest BCUT2D eigenvalue weighted by Gasteiger charge is -2.47. The highest BCUT2D eigenvalue weighted by Gasteiger charge is 2.52. The van der Waals surface area contributed by atoms with E-state index in [9.17, 15) is 4.79 Å². The fourth-order valence-electron chi connectivity index (χ4n) is 4.12. The van der Waals surface area contributed by atoms with E-state index in [-0.39, 0.29) is 23.7 Å². The molecule has 0 saturated carbocycles. The minimum absolute atomic E-state index is 0.0541. The molecule has 136 valence electrons. The first kappa shape index (κ1) is 18.1. The Bertz CT molecular complexity index is 628. The van der Waals surface area contributed by atoms with Gasteiger partial charge in [-0.15, -0.1) is 0 Å². The average Bonchev–Trinajstić information content (AvgIpc) is 2.86. The molecule has 1 aromatic rings. The fourth-order valence-corrected chi connectivity index (χ4v) is 4.45. The molecule has 0 aliphatic carbocycles. The Kier molecular flexibility index (Phi) is 5.29. The molecule has 0 unspecified atom stereocenters. The summed E-state index contributed by atoms with van der Waals surface area (Å²) in [6.07, 6.45) is 1.76. The Morgan fingerprint density at radius 1 is 1.36 bits per heavy atom. The van der Waals surface area contributed by atoms with Crippen LogP contribution in [0, 0.1) is 0 Å². The number of carbonyl (C=O) groups excluding carboxylic acids is 1. The summed E-state index contributed by atoms with van der Waals surface area (Å²) >= 11 is 5.45. The van der Waals surface area contributed by atoms with Crippen molar-refractivity contribution in [2.24, 2.45) is 0 Å². The van der Waals surface area contributed by atoms with Crippen LogP contribution in [0.15, 0.2) is 30.3 Å². The van der Waals surface area contributed by atoms with Crippen molar-refractivity contribution in [3.63, 3.8) is 0 Å². The minimum atomic E-state index is -0.274. The summed E-state index contributed by atoms with van der Waals surface area (Å²) in [5.74, 6) is 0.194. The topological polar surface area (TPSA) is 47.6 Å². The molecule has 2 atom stereocenters. The van der Waals surface area contributed by atoms with Gasteiger partial charge in [0.2, 0.25) is 5.91 Å². The number of carbonyl (C=O) groups is 1. The number of benzene rings is 1. The first-order valence-electron chi connectivity index (χ1n) is 9.17. The molecular weight excluding hydrogens is 332 g/mol. The van der Waals surface area contributed by atoms with Crippen LogP contribution in [-0.4, -0.2) is 52.2 Å². The zero-order chi connectivity index (χ0) is 18.0. The molecular formula is C19H28N4OS. The van der Waals surface area contributed by atoms with Gasteiger partial charge in [0.15, 0.2) is 5.11 Å². The lowest BCUT2D eigenvalue weighted by atomic mass is 9.93. The minimum Gasteiger partial charge on any atom is -0.363 e. The molecule has 2 aliphatic rings. The smallest absolute Gasteiger partial charge is 0.241 e. The van der Waals surface area contributed by atoms with E-state index < -0.39 is 0 Å². The number of thiocarbonyl (C=S) groups is 1. The van der Waals surface area contributed by atoms with Crippen LogP contribution in [0.1, 0.15) is 45.2 Å². The summed E-state index contributed by atoms with van der Waals surface area (Å²) in [5, 5.41) is 7.64. The van der Waals surface area contributed by atoms with E-state index in [4.69, 9.17) is 12.2 Å². The third-order valence-electron chi connectivity index (χ3n) is 5.43. The molecule has 2 aliphatic heterocycles. The van der Waals surface area contributed by atoms with Gasteiger partial charge in [-0.2, -0.15) is 0 Å². The van der Waals surface area contributed by atoms with E-state index in [0.717, 1.165) is 37.6 Å². The lowest BCUT2D eigenvalue weighted by Crippen LogP contribution is -2.60. The van der Waals surface area contributed by atoms with E-state index in [0.29, 0.717) is 0 Å². The van der Waals surface area contributed by atoms with Crippen LogP contribution in [0.3, 0.4) is 0 Å². The second kappa shape index (κ2) is 7.30. The number of hydrogen-bond acceptors (Lipinski definition) is 3. The largest absolute Gasteiger partial charge is 0.363 e. The van der Waals surface area contributed by atoms with Gasteiger partial charge in [-0.3, -0.25) is 10.1 Å². The summed E-state index contributed by atoms with van der Waals surface area (Å²) in [6, 6.07) is 10.2. The van der Waals surface area contributed by atoms with Gasteiger partial charge in [0.1, 0.15) is 0 Å². The second-order valence-corrected chi connectivity index (χ2v) is 7.40. The fraction of sp³-hybridized carbons (Fsp3) is 0.579. The highest BCUT2D eigenvalue weighted by atomic mass is 32.1. The highest BCUT2D eigenvalue weighted by molar-refractivity contribution is 7.80. The second-order valence-electron chi connectivity index (χ2n) is 7.02. The van der Waals surface area contributed by atoms with Crippen LogP contribution in [0.5, 0.6) is 0 Å². The Morgan fingerprint density at radius 2 is 2.00 bits per heavy atom. The van der Waals surface area contributed by atoms with Crippen LogP contribution < -0.4 is 10.6 Å². The zero-order valence-corrected chi connectivity index (χ0v) is 16.1. The molecule has 2 N–H and O–H groups in total. The zero-order valence-electron chi connectivity index (χ0n) is 15.3. The number of piperidine rings is 1. The SMILES string of the molecule is CCNC(=S)N1CCC2(CC1)N[C@@H](C)C(=O)N2[C@H](C)c1ccccc1. The Labute approximate surface area is 155 Å². The van der Waals surface area contributed by atoms with Gasteiger partial charge in [0, 0.05) is 32.5 Å². The molecule has 1 spiro atoms. The van der Waals surface area contributed by atoms with Crippen molar-refractivity contribution in [3.8, 4) is 0 Å². The summed E-state index contributed by atoms with van der Waals surface area (Å²) in [7, 11) is 0. The average molecular weight is 361 g/mol. The number of amides is 1. The normalized spacial score (nSPS) is 23.8. The maximum absolute atomic E-state index is 12.9. The first-order chi connectivity index (χ1) is 12.0. The third kappa shape index (κ3) is 3.37. The molecule has 1 amide bonds. The molecule has 1 aromatic carbocycles. The summed E-state index contributed by atoms with van der Waals surface area (Å²) in [4.78, 5) is 17.2. The lowest BCUT2D eigenvalue weighted by molar-refractivity contribution is -0.136. The molecule has 25 heavy (non-hydrogen) atoms. The van der Waals surface area contributed by atoms with Crippen molar-refractivity contribution >= 4 is 23.2 Å². The number of nitrogens with one attached hydrogen (secondary N) is 2. The van der Waals surface area contributed by atoms with Crippen molar-refractivity contribution in [1.29, 1.82) is 0 Å². The van der Waals surface area contributed by atoms with E-state index in [1.165, 1.54) is 5.56 Å². The predicted molar refractivity (Wildman–Crippen MR) is 104 cm³/mol. The maximum Gasteiger partial charge on any atom is 0.241 e. The van der Waals surface area contributed by atoms with Crippen molar-refractivity contribution in [1.82, 2.24) is 20.4 Å². The van der Waals surface area contributed by atoms with Crippen LogP contribution in [0.4, 0.5) is 0 Å². The maximum atomic E-state index is 12.9. The summed E-state index contributed by atoms with van der Waals surface area (Å²) < 4.78 is 0. The van der Waals surface area contributed by atoms with Crippen LogP contribution in [-0.2, 0) is 4.79 Å². The molecule has 5 nitrogen and oxygen atoms in total. The number of likely N-dealkylation sites (tertiary alicyclic amines) is 1. The van der Waals surface area contributed by atoms with Crippen LogP contribution in [0.25, 0.3) is 0 Å². The van der Waals surface area contributed by atoms with E-state index >= 15 is 0 Å². The molecule has 2 heterocycles. The number of rotatable bonds is 3. The standard InChI is InChI=1S/C19H28N4OS/c1-4-20-18(25)22-12-10-19(11-13-22)21-14(2)17(24)23(19)15(3)16-8-6-5-7-9-16/h5-9,14-15,21H,4,10-13H2,1-3H3,(H,20,25)/t14-,15+/m0/s1. The van der Waals surface area contributed by atoms with Gasteiger partial charge < -0.3 is 15.1 Å². The molecule has 2 saturated heterocycles. The molecule has 0 radical (unpaired) electrons. The Morgan fingerprint density at radius 3 is 2.60 bits per heavy atom. The Balaban J connectivity index is 1.80. The molecule has 0 bridgehead atoms.